The van der Waals surface area contributed by atoms with Gasteiger partial charge in [-0.05, 0) is 5.92 Å². The zero-order chi connectivity index (χ0) is 10.2. The lowest BCUT2D eigenvalue weighted by atomic mass is 9.91. The normalized spacial score (nSPS) is 25.6. The highest BCUT2D eigenvalue weighted by Crippen LogP contribution is 2.31. The van der Waals surface area contributed by atoms with E-state index in [0.29, 0.717) is 6.42 Å². The summed E-state index contributed by atoms with van der Waals surface area (Å²) in [6, 6.07) is -0.236. The van der Waals surface area contributed by atoms with E-state index in [9.17, 15) is 13.2 Å². The topological polar surface area (TPSA) is 54.5 Å². The maximum absolute atomic E-state index is 11.0. The minimum absolute atomic E-state index is 0.172. The summed E-state index contributed by atoms with van der Waals surface area (Å²) in [5.74, 6) is -0.230. The van der Waals surface area contributed by atoms with E-state index in [-0.39, 0.29) is 12.0 Å². The van der Waals surface area contributed by atoms with Gasteiger partial charge < -0.3 is 0 Å². The van der Waals surface area contributed by atoms with Crippen molar-refractivity contribution < 1.29 is 13.2 Å². The Kier molecular flexibility index (Phi) is 2.87. The smallest absolute Gasteiger partial charge is 0.274 e. The number of hydrogen-bond acceptors (Lipinski definition) is 3. The van der Waals surface area contributed by atoms with Crippen molar-refractivity contribution in [1.29, 1.82) is 0 Å². The molecule has 1 fully saturated rings. The Hall–Kier alpha value is -0.290. The third-order valence-electron chi connectivity index (χ3n) is 2.47. The number of rotatable bonds is 3. The average Bonchev–Trinajstić information content (AvgIpc) is 1.95. The van der Waals surface area contributed by atoms with Gasteiger partial charge in [0.1, 0.15) is 0 Å². The fourth-order valence-electron chi connectivity index (χ4n) is 1.41. The fourth-order valence-corrected chi connectivity index (χ4v) is 2.87. The Morgan fingerprint density at radius 2 is 2.23 bits per heavy atom. The number of β-lactam (4-membered cyclic amide) rings is 1. The highest BCUT2D eigenvalue weighted by molar-refractivity contribution is 8.12. The van der Waals surface area contributed by atoms with Crippen LogP contribution in [0.4, 0.5) is 0 Å². The first-order chi connectivity index (χ1) is 5.88. The molecule has 0 aromatic heterocycles. The maximum Gasteiger partial charge on any atom is 0.324 e. The predicted molar refractivity (Wildman–Crippen MR) is 49.5 cm³/mol. The fraction of sp³-hybridized carbons (Fsp3) is 0.857. The van der Waals surface area contributed by atoms with Crippen LogP contribution in [0.1, 0.15) is 26.7 Å². The van der Waals surface area contributed by atoms with E-state index in [0.717, 1.165) is 10.7 Å². The molecule has 0 radical (unpaired) electrons. The molecule has 76 valence electrons. The Bertz CT molecular complexity index is 314. The summed E-state index contributed by atoms with van der Waals surface area (Å²) in [6.45, 7) is 3.86. The zero-order valence-electron chi connectivity index (χ0n) is 7.53. The molecule has 6 heteroatoms. The quantitative estimate of drug-likeness (QED) is 0.534. The van der Waals surface area contributed by atoms with Crippen LogP contribution in [0.25, 0.3) is 0 Å². The summed E-state index contributed by atoms with van der Waals surface area (Å²) in [4.78, 5) is 11.0. The second kappa shape index (κ2) is 3.46. The van der Waals surface area contributed by atoms with Gasteiger partial charge in [0.05, 0.1) is 6.04 Å². The third-order valence-corrected chi connectivity index (χ3v) is 3.86. The molecular formula is C7H12ClNO3S. The van der Waals surface area contributed by atoms with E-state index < -0.39 is 15.1 Å². The molecule has 1 amide bonds. The van der Waals surface area contributed by atoms with Crippen molar-refractivity contribution in [3.8, 4) is 0 Å². The molecule has 0 N–H and O–H groups in total. The standard InChI is InChI=1S/C7H12ClNO3S/c1-3-5(2)6-4-7(10)9(6)13(8,11)12/h5-6H,3-4H2,1-2H3. The molecule has 0 spiro atoms. The third kappa shape index (κ3) is 1.96. The number of carbonyl (C=O) groups excluding carboxylic acids is 1. The van der Waals surface area contributed by atoms with Crippen molar-refractivity contribution in [3.05, 3.63) is 0 Å². The van der Waals surface area contributed by atoms with Crippen LogP contribution >= 0.6 is 10.7 Å². The highest BCUT2D eigenvalue weighted by Gasteiger charge is 2.45. The van der Waals surface area contributed by atoms with Crippen molar-refractivity contribution in [3.63, 3.8) is 0 Å². The molecule has 1 rings (SSSR count). The molecule has 1 heterocycles. The Morgan fingerprint density at radius 1 is 1.69 bits per heavy atom. The van der Waals surface area contributed by atoms with Gasteiger partial charge in [-0.3, -0.25) is 4.79 Å². The van der Waals surface area contributed by atoms with E-state index in [2.05, 4.69) is 0 Å². The van der Waals surface area contributed by atoms with Gasteiger partial charge in [0.25, 0.3) is 0 Å². The number of hydrogen-bond donors (Lipinski definition) is 0. The lowest BCUT2D eigenvalue weighted by Crippen LogP contribution is -2.56. The summed E-state index contributed by atoms with van der Waals surface area (Å²) < 4.78 is 22.6. The molecule has 0 saturated carbocycles. The molecule has 4 nitrogen and oxygen atoms in total. The van der Waals surface area contributed by atoms with Crippen LogP contribution in [0.15, 0.2) is 0 Å². The Morgan fingerprint density at radius 3 is 2.54 bits per heavy atom. The molecule has 13 heavy (non-hydrogen) atoms. The molecule has 0 aromatic rings. The van der Waals surface area contributed by atoms with Crippen LogP contribution in [0, 0.1) is 5.92 Å². The number of nitrogens with zero attached hydrogens (tertiary/aromatic N) is 1. The van der Waals surface area contributed by atoms with Crippen LogP contribution < -0.4 is 0 Å². The van der Waals surface area contributed by atoms with Crippen molar-refractivity contribution in [2.45, 2.75) is 32.7 Å². The summed E-state index contributed by atoms with van der Waals surface area (Å²) in [7, 11) is 1.24. The van der Waals surface area contributed by atoms with Gasteiger partial charge in [-0.1, -0.05) is 20.3 Å². The van der Waals surface area contributed by atoms with Crippen molar-refractivity contribution >= 4 is 25.8 Å². The van der Waals surface area contributed by atoms with Gasteiger partial charge in [-0.15, -0.1) is 0 Å². The summed E-state index contributed by atoms with van der Waals surface area (Å²) >= 11 is 0. The van der Waals surface area contributed by atoms with Gasteiger partial charge in [0.2, 0.25) is 5.91 Å². The lowest BCUT2D eigenvalue weighted by Gasteiger charge is -2.40. The van der Waals surface area contributed by atoms with Crippen LogP contribution in [-0.4, -0.2) is 24.7 Å². The molecule has 0 aliphatic carbocycles. The molecule has 2 atom stereocenters. The van der Waals surface area contributed by atoms with Gasteiger partial charge in [0.15, 0.2) is 0 Å². The molecule has 1 aliphatic heterocycles. The zero-order valence-corrected chi connectivity index (χ0v) is 9.10. The van der Waals surface area contributed by atoms with E-state index in [1.165, 1.54) is 0 Å². The molecular weight excluding hydrogens is 214 g/mol. The average molecular weight is 226 g/mol. The predicted octanol–water partition coefficient (Wildman–Crippen LogP) is 1.12. The van der Waals surface area contributed by atoms with Crippen LogP contribution in [-0.2, 0) is 14.0 Å². The van der Waals surface area contributed by atoms with E-state index >= 15 is 0 Å². The summed E-state index contributed by atoms with van der Waals surface area (Å²) in [5, 5.41) is 0. The monoisotopic (exact) mass is 225 g/mol. The summed E-state index contributed by atoms with van der Waals surface area (Å²) in [6.07, 6.45) is 1.13. The van der Waals surface area contributed by atoms with E-state index in [1.807, 2.05) is 13.8 Å². The first kappa shape index (κ1) is 10.8. The minimum atomic E-state index is -3.86. The van der Waals surface area contributed by atoms with Crippen molar-refractivity contribution in [2.75, 3.05) is 0 Å². The van der Waals surface area contributed by atoms with Crippen LogP contribution in [0.3, 0.4) is 0 Å². The number of halogens is 1. The first-order valence-corrected chi connectivity index (χ1v) is 6.41. The van der Waals surface area contributed by atoms with Crippen molar-refractivity contribution in [2.24, 2.45) is 5.92 Å². The second-order valence-electron chi connectivity index (χ2n) is 3.29. The maximum atomic E-state index is 11.0. The first-order valence-electron chi connectivity index (χ1n) is 4.14. The molecule has 1 saturated heterocycles. The largest absolute Gasteiger partial charge is 0.324 e. The van der Waals surface area contributed by atoms with Crippen molar-refractivity contribution in [1.82, 2.24) is 4.31 Å². The molecule has 0 aromatic carbocycles. The molecule has 0 bridgehead atoms. The lowest BCUT2D eigenvalue weighted by molar-refractivity contribution is -0.139. The van der Waals surface area contributed by atoms with Gasteiger partial charge in [-0.2, -0.15) is 8.42 Å². The van der Waals surface area contributed by atoms with E-state index in [4.69, 9.17) is 10.7 Å². The molecule has 2 unspecified atom stereocenters. The Labute approximate surface area is 82.4 Å². The Balaban J connectivity index is 2.79. The number of amides is 1. The van der Waals surface area contributed by atoms with E-state index in [1.54, 1.807) is 0 Å². The van der Waals surface area contributed by atoms with Gasteiger partial charge in [-0.25, -0.2) is 4.31 Å². The summed E-state index contributed by atoms with van der Waals surface area (Å²) in [5.41, 5.74) is 0. The minimum Gasteiger partial charge on any atom is -0.274 e. The number of carbonyl (C=O) groups is 1. The highest BCUT2D eigenvalue weighted by atomic mass is 35.7. The second-order valence-corrected chi connectivity index (χ2v) is 5.68. The van der Waals surface area contributed by atoms with Crippen LogP contribution in [0.5, 0.6) is 0 Å². The van der Waals surface area contributed by atoms with Gasteiger partial charge in [0, 0.05) is 17.1 Å². The SMILES string of the molecule is CCC(C)C1CC(=O)N1S(=O)(=O)Cl. The van der Waals surface area contributed by atoms with Crippen LogP contribution in [0.2, 0.25) is 0 Å². The molecule has 1 aliphatic rings. The van der Waals surface area contributed by atoms with Gasteiger partial charge >= 0.3 is 9.24 Å².